The molecule has 1 fully saturated rings. The van der Waals surface area contributed by atoms with Gasteiger partial charge in [-0.25, -0.2) is 4.31 Å². The summed E-state index contributed by atoms with van der Waals surface area (Å²) >= 11 is 18.0. The van der Waals surface area contributed by atoms with Gasteiger partial charge in [-0.3, -0.25) is 9.59 Å². The molecule has 0 aromatic rings. The van der Waals surface area contributed by atoms with Gasteiger partial charge in [0.15, 0.2) is 0 Å². The molecule has 0 radical (unpaired) electrons. The van der Waals surface area contributed by atoms with Gasteiger partial charge in [0, 0.05) is 0 Å². The fourth-order valence-corrected chi connectivity index (χ4v) is 3.31. The summed E-state index contributed by atoms with van der Waals surface area (Å²) in [5.74, 6) is -0.857. The Hall–Kier alpha value is 0.1000. The van der Waals surface area contributed by atoms with Gasteiger partial charge < -0.3 is 0 Å². The van der Waals surface area contributed by atoms with Crippen LogP contribution in [0, 0.1) is 11.8 Å². The summed E-state index contributed by atoms with van der Waals surface area (Å²) in [7, 11) is 0. The number of hydrogen-bond donors (Lipinski definition) is 0. The lowest BCUT2D eigenvalue weighted by molar-refractivity contribution is -0.133. The Labute approximate surface area is 119 Å². The van der Waals surface area contributed by atoms with Crippen molar-refractivity contribution in [3.63, 3.8) is 0 Å². The van der Waals surface area contributed by atoms with E-state index in [0.29, 0.717) is 12.8 Å². The summed E-state index contributed by atoms with van der Waals surface area (Å²) in [5.41, 5.74) is 0. The van der Waals surface area contributed by atoms with Crippen molar-refractivity contribution in [3.05, 3.63) is 12.2 Å². The molecule has 2 rings (SSSR count). The molecule has 94 valence electrons. The maximum atomic E-state index is 12.0. The first-order valence-electron chi connectivity index (χ1n) is 5.14. The molecule has 0 aromatic heterocycles. The quantitative estimate of drug-likeness (QED) is 0.348. The van der Waals surface area contributed by atoms with Gasteiger partial charge in [0.2, 0.25) is 11.8 Å². The van der Waals surface area contributed by atoms with Crippen LogP contribution in [0.1, 0.15) is 12.8 Å². The first-order chi connectivity index (χ1) is 8.02. The molecular weight excluding hydrogens is 305 g/mol. The highest BCUT2D eigenvalue weighted by Crippen LogP contribution is 2.41. The fourth-order valence-electron chi connectivity index (χ4n) is 2.02. The van der Waals surface area contributed by atoms with Crippen molar-refractivity contribution in [2.45, 2.75) is 22.4 Å². The van der Waals surface area contributed by atoms with Gasteiger partial charge in [-0.05, 0) is 24.8 Å². The van der Waals surface area contributed by atoms with E-state index in [1.165, 1.54) is 0 Å². The number of imide groups is 1. The van der Waals surface area contributed by atoms with E-state index >= 15 is 0 Å². The van der Waals surface area contributed by atoms with E-state index in [4.69, 9.17) is 34.8 Å². The van der Waals surface area contributed by atoms with E-state index < -0.39 is 9.55 Å². The van der Waals surface area contributed by atoms with E-state index in [1.807, 2.05) is 12.2 Å². The van der Waals surface area contributed by atoms with E-state index in [-0.39, 0.29) is 23.7 Å². The van der Waals surface area contributed by atoms with Crippen LogP contribution in [0.3, 0.4) is 0 Å². The summed E-state index contributed by atoms with van der Waals surface area (Å²) in [4.78, 5) is 23.2. The Kier molecular flexibility index (Phi) is 4.29. The summed E-state index contributed by atoms with van der Waals surface area (Å²) in [5, 5.41) is 0. The molecule has 2 amide bonds. The number of carbonyl (C=O) groups excluding carboxylic acids is 2. The number of nitrogens with zero attached hydrogens (tertiary/aromatic N) is 1. The third-order valence-corrected chi connectivity index (χ3v) is 5.47. The minimum Gasteiger partial charge on any atom is -0.273 e. The number of rotatable bonds is 3. The van der Waals surface area contributed by atoms with E-state index in [2.05, 4.69) is 0 Å². The smallest absolute Gasteiger partial charge is 0.243 e. The van der Waals surface area contributed by atoms with Crippen molar-refractivity contribution < 1.29 is 9.59 Å². The van der Waals surface area contributed by atoms with Crippen molar-refractivity contribution in [2.24, 2.45) is 11.8 Å². The molecule has 0 N–H and O–H groups in total. The molecule has 1 aliphatic heterocycles. The molecule has 2 aliphatic rings. The van der Waals surface area contributed by atoms with Crippen LogP contribution >= 0.6 is 46.8 Å². The molecule has 0 aromatic carbocycles. The minimum atomic E-state index is -0.831. The predicted octanol–water partition coefficient (Wildman–Crippen LogP) is 2.95. The Bertz CT molecular complexity index is 349. The van der Waals surface area contributed by atoms with Crippen LogP contribution < -0.4 is 0 Å². The standard InChI is InChI=1S/C10H10Cl3NO2S/c11-7(12)8(13)17-14-9(15)5-3-1-2-4-6(5)10(14)16/h1-2,5-8H,3-4H2. The molecule has 0 saturated carbocycles. The Balaban J connectivity index is 2.10. The third-order valence-electron chi connectivity index (χ3n) is 2.87. The van der Waals surface area contributed by atoms with Crippen LogP contribution in [-0.4, -0.2) is 25.7 Å². The summed E-state index contributed by atoms with van der Waals surface area (Å²) in [6.45, 7) is 0. The Morgan fingerprint density at radius 2 is 1.59 bits per heavy atom. The maximum Gasteiger partial charge on any atom is 0.243 e. The second kappa shape index (κ2) is 5.39. The molecule has 1 heterocycles. The average molecular weight is 315 g/mol. The van der Waals surface area contributed by atoms with Crippen molar-refractivity contribution in [2.75, 3.05) is 0 Å². The highest BCUT2D eigenvalue weighted by Gasteiger charge is 2.48. The Morgan fingerprint density at radius 3 is 2.00 bits per heavy atom. The van der Waals surface area contributed by atoms with Crippen LogP contribution in [0.15, 0.2) is 12.2 Å². The third kappa shape index (κ3) is 2.60. The number of fused-ring (bicyclic) bond motifs is 1. The first kappa shape index (κ1) is 13.5. The molecule has 3 atom stereocenters. The zero-order valence-corrected chi connectivity index (χ0v) is 11.8. The van der Waals surface area contributed by atoms with Crippen LogP contribution in [-0.2, 0) is 9.59 Å². The van der Waals surface area contributed by atoms with Gasteiger partial charge >= 0.3 is 0 Å². The minimum absolute atomic E-state index is 0.186. The summed E-state index contributed by atoms with van der Waals surface area (Å²) in [6, 6.07) is 0. The predicted molar refractivity (Wildman–Crippen MR) is 69.9 cm³/mol. The molecule has 3 nitrogen and oxygen atoms in total. The van der Waals surface area contributed by atoms with E-state index in [9.17, 15) is 9.59 Å². The number of allylic oxidation sites excluding steroid dienone is 2. The molecule has 1 saturated heterocycles. The van der Waals surface area contributed by atoms with Gasteiger partial charge in [0.25, 0.3) is 0 Å². The first-order valence-corrected chi connectivity index (χ1v) is 7.28. The normalized spacial score (nSPS) is 30.0. The van der Waals surface area contributed by atoms with Crippen molar-refractivity contribution in [3.8, 4) is 0 Å². The second-order valence-corrected chi connectivity index (χ2v) is 6.89. The van der Waals surface area contributed by atoms with E-state index in [1.54, 1.807) is 0 Å². The molecule has 17 heavy (non-hydrogen) atoms. The van der Waals surface area contributed by atoms with Crippen LogP contribution in [0.5, 0.6) is 0 Å². The molecule has 7 heteroatoms. The lowest BCUT2D eigenvalue weighted by Gasteiger charge is -2.17. The lowest BCUT2D eigenvalue weighted by atomic mass is 9.85. The topological polar surface area (TPSA) is 37.4 Å². The fraction of sp³-hybridized carbons (Fsp3) is 0.600. The van der Waals surface area contributed by atoms with Gasteiger partial charge in [0.05, 0.1) is 11.8 Å². The van der Waals surface area contributed by atoms with Crippen molar-refractivity contribution in [1.82, 2.24) is 4.31 Å². The van der Waals surface area contributed by atoms with Gasteiger partial charge in [-0.15, -0.1) is 34.8 Å². The summed E-state index contributed by atoms with van der Waals surface area (Å²) in [6.07, 6.45) is 5.10. The lowest BCUT2D eigenvalue weighted by Crippen LogP contribution is -2.27. The average Bonchev–Trinajstić information content (AvgIpc) is 2.55. The number of carbonyl (C=O) groups is 2. The van der Waals surface area contributed by atoms with Gasteiger partial charge in [-0.1, -0.05) is 12.2 Å². The van der Waals surface area contributed by atoms with Crippen molar-refractivity contribution in [1.29, 1.82) is 0 Å². The zero-order chi connectivity index (χ0) is 12.6. The largest absolute Gasteiger partial charge is 0.273 e. The van der Waals surface area contributed by atoms with Crippen molar-refractivity contribution >= 4 is 58.6 Å². The van der Waals surface area contributed by atoms with Crippen LogP contribution in [0.2, 0.25) is 0 Å². The molecular formula is C10H10Cl3NO2S. The monoisotopic (exact) mass is 313 g/mol. The van der Waals surface area contributed by atoms with E-state index in [0.717, 1.165) is 16.3 Å². The van der Waals surface area contributed by atoms with Crippen LogP contribution in [0.4, 0.5) is 0 Å². The number of amides is 2. The summed E-state index contributed by atoms with van der Waals surface area (Å²) < 4.78 is 0.414. The highest BCUT2D eigenvalue weighted by atomic mass is 35.5. The highest BCUT2D eigenvalue weighted by molar-refractivity contribution is 8.00. The maximum absolute atomic E-state index is 12.0. The second-order valence-electron chi connectivity index (χ2n) is 3.92. The molecule has 1 aliphatic carbocycles. The zero-order valence-electron chi connectivity index (χ0n) is 8.68. The molecule has 0 bridgehead atoms. The number of alkyl halides is 3. The van der Waals surface area contributed by atoms with Gasteiger partial charge in [0.1, 0.15) is 9.55 Å². The van der Waals surface area contributed by atoms with Crippen LogP contribution in [0.25, 0.3) is 0 Å². The Morgan fingerprint density at radius 1 is 1.12 bits per heavy atom. The molecule has 0 spiro atoms. The number of hydrogen-bond acceptors (Lipinski definition) is 3. The van der Waals surface area contributed by atoms with Gasteiger partial charge in [-0.2, -0.15) is 0 Å². The molecule has 3 unspecified atom stereocenters. The number of halogens is 3. The SMILES string of the molecule is O=C1C2CC=CCC2C(=O)N1SC(Cl)C(Cl)Cl.